The zero-order valence-electron chi connectivity index (χ0n) is 15.9. The molecule has 0 aliphatic carbocycles. The van der Waals surface area contributed by atoms with Gasteiger partial charge in [0.05, 0.1) is 24.7 Å². The molecule has 0 saturated carbocycles. The van der Waals surface area contributed by atoms with Gasteiger partial charge in [-0.3, -0.25) is 14.5 Å². The number of nitrogens with two attached hydrogens (primary N) is 1. The van der Waals surface area contributed by atoms with Crippen molar-refractivity contribution < 1.29 is 19.1 Å². The van der Waals surface area contributed by atoms with Crippen LogP contribution in [0.4, 0.5) is 4.79 Å². The van der Waals surface area contributed by atoms with Gasteiger partial charge in [-0.2, -0.15) is 5.26 Å². The third-order valence-corrected chi connectivity index (χ3v) is 5.38. The average Bonchev–Trinajstić information content (AvgIpc) is 2.68. The highest BCUT2D eigenvalue weighted by atomic mass is 16.5. The van der Waals surface area contributed by atoms with Gasteiger partial charge in [-0.25, -0.2) is 4.79 Å². The minimum absolute atomic E-state index is 0.00112. The number of hydrogen-bond donors (Lipinski definition) is 2. The van der Waals surface area contributed by atoms with E-state index in [0.29, 0.717) is 39.1 Å². The predicted molar refractivity (Wildman–Crippen MR) is 97.3 cm³/mol. The molecule has 2 aliphatic heterocycles. The lowest BCUT2D eigenvalue weighted by Crippen LogP contribution is -2.56. The van der Waals surface area contributed by atoms with E-state index in [9.17, 15) is 14.4 Å². The average molecular weight is 379 g/mol. The third-order valence-electron chi connectivity index (χ3n) is 5.38. The Balaban J connectivity index is 2.11. The lowest BCUT2D eigenvalue weighted by atomic mass is 9.81. The van der Waals surface area contributed by atoms with E-state index >= 15 is 0 Å². The van der Waals surface area contributed by atoms with Crippen molar-refractivity contribution in [3.63, 3.8) is 0 Å². The Morgan fingerprint density at radius 3 is 2.48 bits per heavy atom. The quantitative estimate of drug-likeness (QED) is 0.678. The standard InChI is InChI=1S/C18H29N5O4/c1-18(6-7-19,16(20)25)5-2-15(24)23(14-3-8-21-9-4-14)17(26)22-10-12-27-13-11-22/h14,21H,2-6,8-13H2,1H3,(H2,20,25). The number of carbonyl (C=O) groups excluding carboxylic acids is 3. The van der Waals surface area contributed by atoms with E-state index in [4.69, 9.17) is 15.7 Å². The summed E-state index contributed by atoms with van der Waals surface area (Å²) in [5, 5.41) is 12.2. The van der Waals surface area contributed by atoms with Gasteiger partial charge in [0, 0.05) is 32.0 Å². The number of imide groups is 1. The number of nitriles is 1. The van der Waals surface area contributed by atoms with E-state index in [0.717, 1.165) is 13.1 Å². The SMILES string of the molecule is CC(CC#N)(CCC(=O)N(C(=O)N1CCOCC1)C1CCNCC1)C(N)=O. The molecule has 9 heteroatoms. The molecule has 3 N–H and O–H groups in total. The molecule has 0 aromatic heterocycles. The van der Waals surface area contributed by atoms with Crippen molar-refractivity contribution in [3.8, 4) is 6.07 Å². The molecule has 27 heavy (non-hydrogen) atoms. The van der Waals surface area contributed by atoms with E-state index in [1.165, 1.54) is 4.90 Å². The van der Waals surface area contributed by atoms with Crippen molar-refractivity contribution in [1.82, 2.24) is 15.1 Å². The molecule has 2 saturated heterocycles. The molecule has 2 rings (SSSR count). The Morgan fingerprint density at radius 1 is 1.30 bits per heavy atom. The normalized spacial score (nSPS) is 20.4. The van der Waals surface area contributed by atoms with Gasteiger partial charge in [-0.15, -0.1) is 0 Å². The number of piperidine rings is 1. The maximum Gasteiger partial charge on any atom is 0.327 e. The highest BCUT2D eigenvalue weighted by Crippen LogP contribution is 2.28. The number of ether oxygens (including phenoxy) is 1. The van der Waals surface area contributed by atoms with Crippen LogP contribution in [0.25, 0.3) is 0 Å². The van der Waals surface area contributed by atoms with Crippen molar-refractivity contribution in [2.24, 2.45) is 11.1 Å². The highest BCUT2D eigenvalue weighted by Gasteiger charge is 2.37. The fourth-order valence-electron chi connectivity index (χ4n) is 3.41. The molecule has 4 amide bonds. The summed E-state index contributed by atoms with van der Waals surface area (Å²) >= 11 is 0. The van der Waals surface area contributed by atoms with Crippen LogP contribution in [-0.4, -0.2) is 73.1 Å². The molecular formula is C18H29N5O4. The molecule has 9 nitrogen and oxygen atoms in total. The molecule has 1 atom stereocenters. The van der Waals surface area contributed by atoms with Crippen molar-refractivity contribution in [3.05, 3.63) is 0 Å². The Bertz CT molecular complexity index is 593. The summed E-state index contributed by atoms with van der Waals surface area (Å²) in [6.07, 6.45) is 1.49. The molecule has 0 aromatic carbocycles. The van der Waals surface area contributed by atoms with E-state index in [1.54, 1.807) is 11.8 Å². The minimum atomic E-state index is -1.08. The topological polar surface area (TPSA) is 129 Å². The number of morpholine rings is 1. The van der Waals surface area contributed by atoms with Crippen molar-refractivity contribution in [2.45, 2.75) is 45.1 Å². The molecular weight excluding hydrogens is 350 g/mol. The molecule has 2 heterocycles. The monoisotopic (exact) mass is 379 g/mol. The summed E-state index contributed by atoms with van der Waals surface area (Å²) < 4.78 is 5.29. The number of nitrogens with one attached hydrogen (secondary N) is 1. The first-order valence-corrected chi connectivity index (χ1v) is 9.45. The van der Waals surface area contributed by atoms with Crippen molar-refractivity contribution >= 4 is 17.8 Å². The van der Waals surface area contributed by atoms with Gasteiger partial charge in [0.2, 0.25) is 11.8 Å². The molecule has 2 fully saturated rings. The number of rotatable bonds is 6. The summed E-state index contributed by atoms with van der Waals surface area (Å²) in [6.45, 7) is 4.92. The van der Waals surface area contributed by atoms with Crippen LogP contribution in [0.5, 0.6) is 0 Å². The first-order chi connectivity index (χ1) is 12.9. The second kappa shape index (κ2) is 9.67. The van der Waals surface area contributed by atoms with Crippen molar-refractivity contribution in [1.29, 1.82) is 5.26 Å². The van der Waals surface area contributed by atoms with E-state index < -0.39 is 11.3 Å². The lowest BCUT2D eigenvalue weighted by molar-refractivity contribution is -0.133. The van der Waals surface area contributed by atoms with Crippen LogP contribution in [0, 0.1) is 16.7 Å². The van der Waals surface area contributed by atoms with E-state index in [2.05, 4.69) is 5.32 Å². The number of hydrogen-bond acceptors (Lipinski definition) is 6. The van der Waals surface area contributed by atoms with Crippen LogP contribution in [0.2, 0.25) is 0 Å². The zero-order chi connectivity index (χ0) is 19.9. The van der Waals surface area contributed by atoms with Crippen LogP contribution in [-0.2, 0) is 14.3 Å². The van der Waals surface area contributed by atoms with Gasteiger partial charge < -0.3 is 20.7 Å². The fourth-order valence-corrected chi connectivity index (χ4v) is 3.41. The molecule has 0 aromatic rings. The van der Waals surface area contributed by atoms with Gasteiger partial charge in [0.1, 0.15) is 0 Å². The van der Waals surface area contributed by atoms with Gasteiger partial charge in [0.15, 0.2) is 0 Å². The van der Waals surface area contributed by atoms with Gasteiger partial charge in [-0.05, 0) is 39.3 Å². The summed E-state index contributed by atoms with van der Waals surface area (Å²) in [5.74, 6) is -0.923. The summed E-state index contributed by atoms with van der Waals surface area (Å²) in [5.41, 5.74) is 4.35. The number of urea groups is 1. The number of carbonyl (C=O) groups is 3. The largest absolute Gasteiger partial charge is 0.378 e. The van der Waals surface area contributed by atoms with Crippen LogP contribution in [0.15, 0.2) is 0 Å². The predicted octanol–water partition coefficient (Wildman–Crippen LogP) is 0.205. The summed E-state index contributed by atoms with van der Waals surface area (Å²) in [6, 6.07) is 1.50. The second-order valence-corrected chi connectivity index (χ2v) is 7.39. The zero-order valence-corrected chi connectivity index (χ0v) is 15.9. The van der Waals surface area contributed by atoms with Crippen molar-refractivity contribution in [2.75, 3.05) is 39.4 Å². The Hall–Kier alpha value is -2.18. The van der Waals surface area contributed by atoms with Gasteiger partial charge in [-0.1, -0.05) is 0 Å². The fraction of sp³-hybridized carbons (Fsp3) is 0.778. The van der Waals surface area contributed by atoms with E-state index in [1.807, 2.05) is 6.07 Å². The maximum absolute atomic E-state index is 13.0. The van der Waals surface area contributed by atoms with Crippen LogP contribution < -0.4 is 11.1 Å². The van der Waals surface area contributed by atoms with E-state index in [-0.39, 0.29) is 37.2 Å². The Kier molecular flexibility index (Phi) is 7.56. The van der Waals surface area contributed by atoms with Gasteiger partial charge >= 0.3 is 6.03 Å². The Labute approximate surface area is 159 Å². The maximum atomic E-state index is 13.0. The molecule has 0 spiro atoms. The van der Waals surface area contributed by atoms with Crippen LogP contribution in [0.1, 0.15) is 39.0 Å². The first-order valence-electron chi connectivity index (χ1n) is 9.45. The minimum Gasteiger partial charge on any atom is -0.378 e. The number of nitrogens with zero attached hydrogens (tertiary/aromatic N) is 3. The molecule has 0 bridgehead atoms. The number of amides is 4. The highest BCUT2D eigenvalue weighted by molar-refractivity contribution is 5.95. The third kappa shape index (κ3) is 5.40. The molecule has 1 unspecified atom stereocenters. The second-order valence-electron chi connectivity index (χ2n) is 7.39. The Morgan fingerprint density at radius 2 is 1.93 bits per heavy atom. The van der Waals surface area contributed by atoms with Gasteiger partial charge in [0.25, 0.3) is 0 Å². The first kappa shape index (κ1) is 21.1. The molecule has 2 aliphatic rings. The molecule has 150 valence electrons. The van der Waals surface area contributed by atoms with Crippen LogP contribution >= 0.6 is 0 Å². The summed E-state index contributed by atoms with van der Waals surface area (Å²) in [7, 11) is 0. The molecule has 0 radical (unpaired) electrons. The summed E-state index contributed by atoms with van der Waals surface area (Å²) in [4.78, 5) is 40.8. The van der Waals surface area contributed by atoms with Crippen LogP contribution in [0.3, 0.4) is 0 Å². The lowest BCUT2D eigenvalue weighted by Gasteiger charge is -2.38. The number of primary amides is 1. The smallest absolute Gasteiger partial charge is 0.327 e.